The first-order valence-corrected chi connectivity index (χ1v) is 7.12. The van der Waals surface area contributed by atoms with Crippen LogP contribution in [0.2, 0.25) is 5.02 Å². The minimum absolute atomic E-state index is 0.0652. The van der Waals surface area contributed by atoms with Crippen molar-refractivity contribution >= 4 is 34.3 Å². The molecule has 0 radical (unpaired) electrons. The van der Waals surface area contributed by atoms with E-state index in [1.807, 2.05) is 0 Å². The number of primary sulfonamides is 1. The number of hydrogen-bond donors (Lipinski definition) is 4. The van der Waals surface area contributed by atoms with Gasteiger partial charge in [-0.25, -0.2) is 13.6 Å². The summed E-state index contributed by atoms with van der Waals surface area (Å²) in [5.74, 6) is 0.0652. The van der Waals surface area contributed by atoms with E-state index in [1.54, 1.807) is 0 Å². The number of aliphatic hydroxyl groups excluding tert-OH is 2. The second kappa shape index (κ2) is 5.55. The second-order valence-corrected chi connectivity index (χ2v) is 5.73. The lowest BCUT2D eigenvalue weighted by Gasteiger charge is -2.16. The van der Waals surface area contributed by atoms with E-state index in [4.69, 9.17) is 16.7 Å². The van der Waals surface area contributed by atoms with Crippen LogP contribution in [0, 0.1) is 0 Å². The van der Waals surface area contributed by atoms with Gasteiger partial charge >= 0.3 is 0 Å². The minimum Gasteiger partial charge on any atom is -0.389 e. The molecule has 1 rings (SSSR count). The zero-order chi connectivity index (χ0) is 13.2. The Kier molecular flexibility index (Phi) is 4.82. The maximum Gasteiger partial charge on any atom is 0.239 e. The molecule has 17 heavy (non-hydrogen) atoms. The van der Waals surface area contributed by atoms with Crippen LogP contribution in [-0.2, 0) is 10.0 Å². The number of hydrogen-bond acceptors (Lipinski definition) is 5. The second-order valence-electron chi connectivity index (χ2n) is 3.43. The Morgan fingerprint density at radius 2 is 2.00 bits per heavy atom. The number of nitrogens with two attached hydrogens (primary N) is 1. The first kappa shape index (κ1) is 14.7. The summed E-state index contributed by atoms with van der Waals surface area (Å²) >= 11 is 9.57. The number of rotatable bonds is 4. The van der Waals surface area contributed by atoms with E-state index in [9.17, 15) is 18.6 Å². The maximum absolute atomic E-state index is 11.1. The minimum atomic E-state index is -3.89. The van der Waals surface area contributed by atoms with Gasteiger partial charge in [0.25, 0.3) is 0 Å². The first-order chi connectivity index (χ1) is 7.77. The van der Waals surface area contributed by atoms with Crippen LogP contribution in [0.15, 0.2) is 23.1 Å². The monoisotopic (exact) mass is 297 g/mol. The number of aliphatic hydroxyl groups is 2. The van der Waals surface area contributed by atoms with Crippen LogP contribution < -0.4 is 5.14 Å². The third-order valence-corrected chi connectivity index (χ3v) is 3.92. The van der Waals surface area contributed by atoms with Gasteiger partial charge in [-0.05, 0) is 17.7 Å². The van der Waals surface area contributed by atoms with E-state index in [0.29, 0.717) is 5.56 Å². The van der Waals surface area contributed by atoms with Crippen molar-refractivity contribution in [3.8, 4) is 0 Å². The van der Waals surface area contributed by atoms with Crippen LogP contribution in [0.5, 0.6) is 0 Å². The normalized spacial score (nSPS) is 15.6. The first-order valence-electron chi connectivity index (χ1n) is 4.56. The molecule has 2 unspecified atom stereocenters. The molecule has 0 amide bonds. The number of halogens is 1. The molecule has 0 aliphatic carbocycles. The average Bonchev–Trinajstić information content (AvgIpc) is 2.25. The number of thiol groups is 1. The molecule has 0 aromatic heterocycles. The average molecular weight is 298 g/mol. The number of benzene rings is 1. The van der Waals surface area contributed by atoms with Gasteiger partial charge in [-0.3, -0.25) is 0 Å². The van der Waals surface area contributed by atoms with E-state index < -0.39 is 22.2 Å². The Hall–Kier alpha value is -0.310. The van der Waals surface area contributed by atoms with E-state index in [-0.39, 0.29) is 15.7 Å². The molecule has 2 atom stereocenters. The van der Waals surface area contributed by atoms with Gasteiger partial charge in [0, 0.05) is 5.75 Å². The molecule has 96 valence electrons. The lowest BCUT2D eigenvalue weighted by atomic mass is 10.1. The Balaban J connectivity index is 3.13. The van der Waals surface area contributed by atoms with Crippen LogP contribution in [-0.4, -0.2) is 30.5 Å². The van der Waals surface area contributed by atoms with Gasteiger partial charge in [0.1, 0.15) is 11.0 Å². The zero-order valence-electron chi connectivity index (χ0n) is 8.62. The van der Waals surface area contributed by atoms with Crippen molar-refractivity contribution in [2.45, 2.75) is 17.1 Å². The Labute approximate surface area is 110 Å². The van der Waals surface area contributed by atoms with E-state index in [0.717, 1.165) is 0 Å². The summed E-state index contributed by atoms with van der Waals surface area (Å²) in [6.45, 7) is 0. The highest BCUT2D eigenvalue weighted by Crippen LogP contribution is 2.26. The SMILES string of the molecule is NS(=O)(=O)c1ccc(C(O)C(O)CS)cc1Cl. The molecule has 4 N–H and O–H groups in total. The molecular weight excluding hydrogens is 286 g/mol. The van der Waals surface area contributed by atoms with E-state index in [1.165, 1.54) is 18.2 Å². The molecule has 0 aliphatic heterocycles. The molecule has 0 heterocycles. The fraction of sp³-hybridized carbons (Fsp3) is 0.333. The smallest absolute Gasteiger partial charge is 0.239 e. The molecule has 0 bridgehead atoms. The summed E-state index contributed by atoms with van der Waals surface area (Å²) in [4.78, 5) is -0.226. The molecule has 8 heteroatoms. The van der Waals surface area contributed by atoms with Crippen molar-refractivity contribution in [2.75, 3.05) is 5.75 Å². The lowest BCUT2D eigenvalue weighted by molar-refractivity contribution is 0.0337. The van der Waals surface area contributed by atoms with Crippen molar-refractivity contribution in [3.63, 3.8) is 0 Å². The quantitative estimate of drug-likeness (QED) is 0.601. The van der Waals surface area contributed by atoms with Crippen molar-refractivity contribution < 1.29 is 18.6 Å². The third-order valence-electron chi connectivity index (χ3n) is 2.16. The van der Waals surface area contributed by atoms with Gasteiger partial charge < -0.3 is 10.2 Å². The molecule has 1 aromatic rings. The largest absolute Gasteiger partial charge is 0.389 e. The van der Waals surface area contributed by atoms with Crippen LogP contribution in [0.4, 0.5) is 0 Å². The van der Waals surface area contributed by atoms with Gasteiger partial charge in [0.15, 0.2) is 0 Å². The van der Waals surface area contributed by atoms with Crippen LogP contribution in [0.1, 0.15) is 11.7 Å². The lowest BCUT2D eigenvalue weighted by Crippen LogP contribution is -2.20. The molecule has 5 nitrogen and oxygen atoms in total. The standard InChI is InChI=1S/C9H12ClNO4S2/c10-6-3-5(9(13)7(12)4-16)1-2-8(6)17(11,14)15/h1-3,7,9,12-13,16H,4H2,(H2,11,14,15). The Morgan fingerprint density at radius 1 is 1.41 bits per heavy atom. The molecule has 0 fully saturated rings. The molecule has 0 saturated carbocycles. The third kappa shape index (κ3) is 3.57. The summed E-state index contributed by atoms with van der Waals surface area (Å²) in [6, 6.07) is 3.77. The van der Waals surface area contributed by atoms with Crippen molar-refractivity contribution in [2.24, 2.45) is 5.14 Å². The highest BCUT2D eigenvalue weighted by atomic mass is 35.5. The predicted octanol–water partition coefficient (Wildman–Crippen LogP) is 0.312. The van der Waals surface area contributed by atoms with Gasteiger partial charge in [-0.1, -0.05) is 17.7 Å². The molecule has 1 aromatic carbocycles. The van der Waals surface area contributed by atoms with Crippen LogP contribution >= 0.6 is 24.2 Å². The summed E-state index contributed by atoms with van der Waals surface area (Å²) < 4.78 is 22.2. The summed E-state index contributed by atoms with van der Waals surface area (Å²) in [7, 11) is -3.89. The van der Waals surface area contributed by atoms with E-state index in [2.05, 4.69) is 12.6 Å². The molecular formula is C9H12ClNO4S2. The van der Waals surface area contributed by atoms with Crippen LogP contribution in [0.25, 0.3) is 0 Å². The topological polar surface area (TPSA) is 101 Å². The molecule has 0 saturated heterocycles. The van der Waals surface area contributed by atoms with Gasteiger partial charge in [0.2, 0.25) is 10.0 Å². The molecule has 0 aliphatic rings. The Bertz CT molecular complexity index is 506. The predicted molar refractivity (Wildman–Crippen MR) is 67.6 cm³/mol. The fourth-order valence-corrected chi connectivity index (χ4v) is 2.55. The van der Waals surface area contributed by atoms with Gasteiger partial charge in [-0.2, -0.15) is 12.6 Å². The molecule has 0 spiro atoms. The van der Waals surface area contributed by atoms with Crippen LogP contribution in [0.3, 0.4) is 0 Å². The van der Waals surface area contributed by atoms with Crippen molar-refractivity contribution in [3.05, 3.63) is 28.8 Å². The summed E-state index contributed by atoms with van der Waals surface area (Å²) in [6.07, 6.45) is -2.24. The van der Waals surface area contributed by atoms with Crippen molar-refractivity contribution in [1.82, 2.24) is 0 Å². The summed E-state index contributed by atoms with van der Waals surface area (Å²) in [5.41, 5.74) is 0.295. The van der Waals surface area contributed by atoms with Gasteiger partial charge in [0.05, 0.1) is 11.1 Å². The van der Waals surface area contributed by atoms with Crippen molar-refractivity contribution in [1.29, 1.82) is 0 Å². The summed E-state index contributed by atoms with van der Waals surface area (Å²) in [5, 5.41) is 23.9. The highest BCUT2D eigenvalue weighted by molar-refractivity contribution is 7.89. The fourth-order valence-electron chi connectivity index (χ4n) is 1.25. The number of sulfonamides is 1. The Morgan fingerprint density at radius 3 is 2.41 bits per heavy atom. The highest BCUT2D eigenvalue weighted by Gasteiger charge is 2.20. The van der Waals surface area contributed by atoms with E-state index >= 15 is 0 Å². The van der Waals surface area contributed by atoms with Gasteiger partial charge in [-0.15, -0.1) is 0 Å². The zero-order valence-corrected chi connectivity index (χ0v) is 11.1. The maximum atomic E-state index is 11.1.